The minimum Gasteiger partial charge on any atom is -0.438 e. The molecule has 0 radical (unpaired) electrons. The molecule has 132 valence electrons. The van der Waals surface area contributed by atoms with Gasteiger partial charge in [-0.05, 0) is 38.1 Å². The monoisotopic (exact) mass is 382 g/mol. The Morgan fingerprint density at radius 2 is 1.84 bits per heavy atom. The van der Waals surface area contributed by atoms with Crippen LogP contribution >= 0.6 is 19.8 Å². The van der Waals surface area contributed by atoms with Gasteiger partial charge in [-0.1, -0.05) is 12.2 Å². The van der Waals surface area contributed by atoms with Crippen LogP contribution in [0.3, 0.4) is 0 Å². The molecule has 0 unspecified atom stereocenters. The number of nitrogens with two attached hydrogens (primary N) is 1. The average molecular weight is 382 g/mol. The lowest BCUT2D eigenvalue weighted by molar-refractivity contribution is 0.229. The summed E-state index contributed by atoms with van der Waals surface area (Å²) in [6.07, 6.45) is 0. The van der Waals surface area contributed by atoms with E-state index >= 15 is 0 Å². The second-order valence-electron chi connectivity index (χ2n) is 4.80. The van der Waals surface area contributed by atoms with Crippen LogP contribution in [0, 0.1) is 21.7 Å². The zero-order valence-corrected chi connectivity index (χ0v) is 15.3. The molecular formula is C16H16FN2O4PS. The summed E-state index contributed by atoms with van der Waals surface area (Å²) in [5, 5.41) is 9.35. The van der Waals surface area contributed by atoms with Gasteiger partial charge in [0, 0.05) is 5.56 Å². The molecule has 2 aromatic rings. The van der Waals surface area contributed by atoms with Gasteiger partial charge in [-0.3, -0.25) is 4.57 Å². The lowest BCUT2D eigenvalue weighted by atomic mass is 10.1. The highest BCUT2D eigenvalue weighted by atomic mass is 32.1. The van der Waals surface area contributed by atoms with E-state index in [1.165, 1.54) is 24.3 Å². The number of benzene rings is 1. The van der Waals surface area contributed by atoms with Gasteiger partial charge >= 0.3 is 7.60 Å². The first kappa shape index (κ1) is 19.3. The van der Waals surface area contributed by atoms with Crippen molar-refractivity contribution < 1.29 is 22.4 Å². The van der Waals surface area contributed by atoms with Gasteiger partial charge in [-0.15, -0.1) is 0 Å². The first-order valence-electron chi connectivity index (χ1n) is 7.40. The second-order valence-corrected chi connectivity index (χ2v) is 7.17. The Kier molecular flexibility index (Phi) is 6.09. The van der Waals surface area contributed by atoms with Gasteiger partial charge in [0.1, 0.15) is 22.8 Å². The number of halogens is 1. The van der Waals surface area contributed by atoms with Crippen LogP contribution in [0.1, 0.15) is 19.4 Å². The highest BCUT2D eigenvalue weighted by Gasteiger charge is 2.34. The summed E-state index contributed by atoms with van der Waals surface area (Å²) in [5.74, 6) is -0.649. The fraction of sp³-hybridized carbons (Fsp3) is 0.250. The van der Waals surface area contributed by atoms with E-state index < -0.39 is 13.4 Å². The number of anilines is 1. The lowest BCUT2D eigenvalue weighted by Gasteiger charge is -2.19. The second kappa shape index (κ2) is 7.89. The van der Waals surface area contributed by atoms with Gasteiger partial charge in [-0.2, -0.15) is 5.26 Å². The Balaban J connectivity index is 2.75. The lowest BCUT2D eigenvalue weighted by Crippen LogP contribution is -2.18. The molecule has 0 atom stereocenters. The average Bonchev–Trinajstić information content (AvgIpc) is 2.55. The highest BCUT2D eigenvalue weighted by molar-refractivity contribution is 7.73. The number of nitriles is 1. The molecular weight excluding hydrogens is 366 g/mol. The van der Waals surface area contributed by atoms with E-state index in [1.807, 2.05) is 6.07 Å². The van der Waals surface area contributed by atoms with Crippen LogP contribution in [0.2, 0.25) is 0 Å². The molecule has 2 rings (SSSR count). The molecule has 0 spiro atoms. The van der Waals surface area contributed by atoms with E-state index in [-0.39, 0.29) is 40.2 Å². The van der Waals surface area contributed by atoms with Crippen LogP contribution in [0.4, 0.5) is 10.3 Å². The summed E-state index contributed by atoms with van der Waals surface area (Å²) in [6, 6.07) is 7.20. The summed E-state index contributed by atoms with van der Waals surface area (Å²) in [4.78, 5) is 0. The van der Waals surface area contributed by atoms with Crippen LogP contribution in [0.25, 0.3) is 11.3 Å². The molecule has 0 fully saturated rings. The number of hydrogen-bond acceptors (Lipinski definition) is 7. The smallest absolute Gasteiger partial charge is 0.368 e. The van der Waals surface area contributed by atoms with E-state index in [1.54, 1.807) is 13.8 Å². The van der Waals surface area contributed by atoms with Crippen LogP contribution < -0.4 is 11.0 Å². The fourth-order valence-corrected chi connectivity index (χ4v) is 4.48. The number of hydrogen-bond donors (Lipinski definition) is 1. The quantitative estimate of drug-likeness (QED) is 0.591. The van der Waals surface area contributed by atoms with E-state index in [2.05, 4.69) is 0 Å². The zero-order valence-electron chi connectivity index (χ0n) is 13.6. The van der Waals surface area contributed by atoms with Crippen molar-refractivity contribution in [1.82, 2.24) is 0 Å². The molecule has 0 saturated carbocycles. The van der Waals surface area contributed by atoms with Crippen molar-refractivity contribution >= 4 is 31.0 Å². The van der Waals surface area contributed by atoms with Crippen molar-refractivity contribution in [2.24, 2.45) is 0 Å². The number of nitrogen functional groups attached to an aromatic ring is 1. The van der Waals surface area contributed by atoms with E-state index in [0.29, 0.717) is 5.56 Å². The summed E-state index contributed by atoms with van der Waals surface area (Å²) in [6.45, 7) is 3.46. The molecule has 9 heteroatoms. The molecule has 0 bridgehead atoms. The Morgan fingerprint density at radius 1 is 1.28 bits per heavy atom. The zero-order chi connectivity index (χ0) is 18.6. The normalized spacial score (nSPS) is 11.3. The predicted molar refractivity (Wildman–Crippen MR) is 94.6 cm³/mol. The minimum atomic E-state index is -3.84. The predicted octanol–water partition coefficient (Wildman–Crippen LogP) is 4.16. The Bertz CT molecular complexity index is 911. The van der Waals surface area contributed by atoms with Gasteiger partial charge in [0.15, 0.2) is 5.76 Å². The third-order valence-electron chi connectivity index (χ3n) is 3.20. The molecule has 25 heavy (non-hydrogen) atoms. The molecule has 6 nitrogen and oxygen atoms in total. The third kappa shape index (κ3) is 3.80. The molecule has 0 aliphatic heterocycles. The van der Waals surface area contributed by atoms with Gasteiger partial charge in [0.05, 0.1) is 17.7 Å². The largest absolute Gasteiger partial charge is 0.438 e. The molecule has 0 amide bonds. The molecule has 1 heterocycles. The van der Waals surface area contributed by atoms with Crippen molar-refractivity contribution in [3.05, 3.63) is 40.2 Å². The first-order chi connectivity index (χ1) is 11.9. The molecule has 2 N–H and O–H groups in total. The van der Waals surface area contributed by atoms with Gasteiger partial charge < -0.3 is 19.2 Å². The maximum absolute atomic E-state index is 13.1. The van der Waals surface area contributed by atoms with Gasteiger partial charge in [0.2, 0.25) is 5.88 Å². The maximum Gasteiger partial charge on any atom is 0.368 e. The summed E-state index contributed by atoms with van der Waals surface area (Å²) >= 11 is 5.30. The van der Waals surface area contributed by atoms with Crippen molar-refractivity contribution in [3.8, 4) is 17.4 Å². The third-order valence-corrected chi connectivity index (χ3v) is 5.95. The van der Waals surface area contributed by atoms with E-state index in [0.717, 1.165) is 0 Å². The molecule has 0 aliphatic rings. The van der Waals surface area contributed by atoms with Crippen molar-refractivity contribution in [2.45, 2.75) is 13.8 Å². The van der Waals surface area contributed by atoms with E-state index in [9.17, 15) is 14.2 Å². The first-order valence-corrected chi connectivity index (χ1v) is 9.35. The van der Waals surface area contributed by atoms with Crippen molar-refractivity contribution in [2.75, 3.05) is 18.9 Å². The Hall–Kier alpha value is -2.04. The van der Waals surface area contributed by atoms with Gasteiger partial charge in [-0.25, -0.2) is 4.39 Å². The standard InChI is InChI=1S/C16H16FN2O4PS/c1-3-21-24(20,22-4-2)14-15(25)12(9-18)13(23-16(14)19)10-5-7-11(17)8-6-10/h5-8H,3-4,19H2,1-2H3. The number of rotatable bonds is 6. The summed E-state index contributed by atoms with van der Waals surface area (Å²) in [5.41, 5.74) is 6.27. The molecule has 1 aromatic carbocycles. The van der Waals surface area contributed by atoms with Crippen LogP contribution in [0.15, 0.2) is 28.7 Å². The van der Waals surface area contributed by atoms with Crippen molar-refractivity contribution in [3.63, 3.8) is 0 Å². The maximum atomic E-state index is 13.1. The summed E-state index contributed by atoms with van der Waals surface area (Å²) < 4.78 is 42.1. The topological polar surface area (TPSA) is 98.5 Å². The van der Waals surface area contributed by atoms with Gasteiger partial charge in [0.25, 0.3) is 0 Å². The molecule has 0 saturated heterocycles. The number of nitrogens with zero attached hydrogens (tertiary/aromatic N) is 1. The summed E-state index contributed by atoms with van der Waals surface area (Å²) in [7, 11) is -3.84. The van der Waals surface area contributed by atoms with Crippen LogP contribution in [-0.2, 0) is 13.6 Å². The van der Waals surface area contributed by atoms with E-state index in [4.69, 9.17) is 31.4 Å². The fourth-order valence-electron chi connectivity index (χ4n) is 2.21. The molecule has 1 aromatic heterocycles. The van der Waals surface area contributed by atoms with Crippen LogP contribution in [-0.4, -0.2) is 13.2 Å². The minimum absolute atomic E-state index is 0.0505. The van der Waals surface area contributed by atoms with Crippen molar-refractivity contribution in [1.29, 1.82) is 5.26 Å². The van der Waals surface area contributed by atoms with Crippen LogP contribution in [0.5, 0.6) is 0 Å². The Morgan fingerprint density at radius 3 is 2.32 bits per heavy atom. The Labute approximate surface area is 149 Å². The highest BCUT2D eigenvalue weighted by Crippen LogP contribution is 2.49. The SMILES string of the molecule is CCOP(=O)(OCC)c1c(N)oc(-c2ccc(F)cc2)c(C#N)c1=S. The molecule has 0 aliphatic carbocycles.